The summed E-state index contributed by atoms with van der Waals surface area (Å²) in [5, 5.41) is 12.7. The highest BCUT2D eigenvalue weighted by molar-refractivity contribution is 5.74. The van der Waals surface area contributed by atoms with Gasteiger partial charge in [0.05, 0.1) is 30.3 Å². The van der Waals surface area contributed by atoms with E-state index >= 15 is 0 Å². The Morgan fingerprint density at radius 2 is 1.97 bits per heavy atom. The van der Waals surface area contributed by atoms with Crippen LogP contribution >= 0.6 is 0 Å². The summed E-state index contributed by atoms with van der Waals surface area (Å²) in [4.78, 5) is 11.4. The molecule has 162 valence electrons. The lowest BCUT2D eigenvalue weighted by molar-refractivity contribution is 0.00706. The van der Waals surface area contributed by atoms with Gasteiger partial charge in [-0.3, -0.25) is 0 Å². The first-order chi connectivity index (χ1) is 15.1. The molecule has 11 heteroatoms. The first-order valence-electron chi connectivity index (χ1n) is 9.89. The van der Waals surface area contributed by atoms with Gasteiger partial charge in [0, 0.05) is 6.07 Å². The van der Waals surface area contributed by atoms with Crippen LogP contribution in [0.25, 0.3) is 11.2 Å². The van der Waals surface area contributed by atoms with E-state index in [0.717, 1.165) is 0 Å². The molecule has 1 unspecified atom stereocenters. The molecule has 0 amide bonds. The molecule has 3 aliphatic rings. The fourth-order valence-corrected chi connectivity index (χ4v) is 4.26. The van der Waals surface area contributed by atoms with Gasteiger partial charge in [0.15, 0.2) is 23.4 Å². The molecule has 5 atom stereocenters. The Morgan fingerprint density at radius 1 is 1.10 bits per heavy atom. The molecule has 6 rings (SSSR count). The molecule has 1 aromatic carbocycles. The van der Waals surface area contributed by atoms with Crippen molar-refractivity contribution in [2.24, 2.45) is 0 Å². The molecule has 3 aliphatic heterocycles. The van der Waals surface area contributed by atoms with Crippen LogP contribution in [0, 0.1) is 11.6 Å². The molecule has 0 bridgehead atoms. The fourth-order valence-electron chi connectivity index (χ4n) is 4.26. The van der Waals surface area contributed by atoms with Gasteiger partial charge in [-0.25, -0.2) is 13.8 Å². The number of nitrogens with zero attached hydrogens (tertiary/aromatic N) is 2. The van der Waals surface area contributed by atoms with E-state index in [1.54, 1.807) is 12.1 Å². The summed E-state index contributed by atoms with van der Waals surface area (Å²) in [6.07, 6.45) is -1.98. The van der Waals surface area contributed by atoms with Crippen LogP contribution in [0.15, 0.2) is 24.3 Å². The number of H-pyrrole nitrogens is 1. The molecule has 0 spiro atoms. The lowest BCUT2D eigenvalue weighted by Gasteiger charge is -2.15. The lowest BCUT2D eigenvalue weighted by Crippen LogP contribution is -2.34. The minimum absolute atomic E-state index is 0.0678. The van der Waals surface area contributed by atoms with Crippen LogP contribution in [0.3, 0.4) is 0 Å². The number of imidazole rings is 1. The monoisotopic (exact) mass is 432 g/mol. The number of hydrogen-bond donors (Lipinski definition) is 3. The summed E-state index contributed by atoms with van der Waals surface area (Å²) < 4.78 is 51.2. The van der Waals surface area contributed by atoms with Crippen molar-refractivity contribution < 1.29 is 32.8 Å². The number of hydrogen-bond acceptors (Lipinski definition) is 8. The lowest BCUT2D eigenvalue weighted by atomic mass is 10.1. The van der Waals surface area contributed by atoms with Gasteiger partial charge in [0.2, 0.25) is 0 Å². The van der Waals surface area contributed by atoms with E-state index in [-0.39, 0.29) is 37.3 Å². The van der Waals surface area contributed by atoms with Gasteiger partial charge in [-0.2, -0.15) is 4.98 Å². The number of fused-ring (bicyclic) bond motifs is 3. The molecular formula is C20H18F2N4O5. The zero-order valence-electron chi connectivity index (χ0n) is 16.0. The molecule has 2 aromatic heterocycles. The molecule has 0 radical (unpaired) electrons. The van der Waals surface area contributed by atoms with Crippen molar-refractivity contribution in [1.29, 1.82) is 0 Å². The van der Waals surface area contributed by atoms with Crippen molar-refractivity contribution in [2.45, 2.75) is 30.5 Å². The van der Waals surface area contributed by atoms with Crippen LogP contribution in [-0.4, -0.2) is 64.3 Å². The Hall–Kier alpha value is -3.02. The summed E-state index contributed by atoms with van der Waals surface area (Å²) >= 11 is 0. The van der Waals surface area contributed by atoms with Crippen LogP contribution in [0.5, 0.6) is 11.8 Å². The number of aliphatic hydroxyl groups is 1. The number of nitrogens with one attached hydrogen (secondary N) is 2. The second-order valence-electron chi connectivity index (χ2n) is 7.71. The maximum atomic E-state index is 14.7. The first-order valence-corrected chi connectivity index (χ1v) is 9.89. The quantitative estimate of drug-likeness (QED) is 0.571. The molecule has 3 N–H and O–H groups in total. The Kier molecular flexibility index (Phi) is 4.23. The maximum absolute atomic E-state index is 14.7. The minimum Gasteiger partial charge on any atom is -0.491 e. The van der Waals surface area contributed by atoms with Crippen molar-refractivity contribution in [3.8, 4) is 11.8 Å². The highest BCUT2D eigenvalue weighted by Crippen LogP contribution is 2.37. The molecule has 0 aliphatic carbocycles. The van der Waals surface area contributed by atoms with Crippen LogP contribution in [0.2, 0.25) is 0 Å². The van der Waals surface area contributed by atoms with Crippen molar-refractivity contribution in [3.63, 3.8) is 0 Å². The fraction of sp³-hybridized carbons (Fsp3) is 0.400. The highest BCUT2D eigenvalue weighted by Gasteiger charge is 2.48. The normalized spacial score (nSPS) is 29.1. The van der Waals surface area contributed by atoms with Gasteiger partial charge >= 0.3 is 0 Å². The Labute approximate surface area is 174 Å². The van der Waals surface area contributed by atoms with E-state index in [0.29, 0.717) is 16.8 Å². The molecule has 0 saturated carbocycles. The SMILES string of the molecule is O[C@@H]1CO[C@H]2[C@@H]1OC[C@H]2Oc1nc2nc(NC3COc4cccc(F)c43)c(F)cc2[nH]1. The van der Waals surface area contributed by atoms with E-state index < -0.39 is 42.1 Å². The predicted molar refractivity (Wildman–Crippen MR) is 102 cm³/mol. The highest BCUT2D eigenvalue weighted by atomic mass is 19.1. The smallest absolute Gasteiger partial charge is 0.296 e. The number of ether oxygens (including phenoxy) is 4. The first kappa shape index (κ1) is 18.7. The zero-order valence-corrected chi connectivity index (χ0v) is 16.0. The number of halogens is 2. The Bertz CT molecular complexity index is 1160. The Balaban J connectivity index is 1.24. The van der Waals surface area contributed by atoms with E-state index in [1.165, 1.54) is 12.1 Å². The van der Waals surface area contributed by atoms with Gasteiger partial charge in [0.25, 0.3) is 6.01 Å². The summed E-state index contributed by atoms with van der Waals surface area (Å²) in [7, 11) is 0. The number of aromatic nitrogens is 3. The molecule has 2 saturated heterocycles. The molecule has 3 aromatic rings. The van der Waals surface area contributed by atoms with Crippen molar-refractivity contribution in [1.82, 2.24) is 15.0 Å². The van der Waals surface area contributed by atoms with Crippen molar-refractivity contribution in [2.75, 3.05) is 25.1 Å². The molecule has 9 nitrogen and oxygen atoms in total. The van der Waals surface area contributed by atoms with Gasteiger partial charge < -0.3 is 34.4 Å². The third kappa shape index (κ3) is 3.08. The third-order valence-corrected chi connectivity index (χ3v) is 5.73. The number of pyridine rings is 1. The van der Waals surface area contributed by atoms with Crippen molar-refractivity contribution >= 4 is 17.0 Å². The number of anilines is 1. The second kappa shape index (κ2) is 7.01. The number of rotatable bonds is 4. The third-order valence-electron chi connectivity index (χ3n) is 5.73. The summed E-state index contributed by atoms with van der Waals surface area (Å²) in [6.45, 7) is 0.580. The zero-order chi connectivity index (χ0) is 21.1. The minimum atomic E-state index is -0.687. The molecular weight excluding hydrogens is 414 g/mol. The van der Waals surface area contributed by atoms with Gasteiger partial charge in [0.1, 0.15) is 36.5 Å². The molecule has 5 heterocycles. The molecule has 31 heavy (non-hydrogen) atoms. The Morgan fingerprint density at radius 3 is 2.87 bits per heavy atom. The van der Waals surface area contributed by atoms with Gasteiger partial charge in [-0.1, -0.05) is 6.07 Å². The number of benzene rings is 1. The van der Waals surface area contributed by atoms with E-state index in [9.17, 15) is 13.9 Å². The molecule has 2 fully saturated rings. The van der Waals surface area contributed by atoms with Gasteiger partial charge in [-0.05, 0) is 12.1 Å². The summed E-state index contributed by atoms with van der Waals surface area (Å²) in [6, 6.07) is 5.35. The van der Waals surface area contributed by atoms with E-state index in [1.807, 2.05) is 0 Å². The topological polar surface area (TPSA) is 111 Å². The van der Waals surface area contributed by atoms with E-state index in [4.69, 9.17) is 18.9 Å². The summed E-state index contributed by atoms with van der Waals surface area (Å²) in [5.74, 6) is -0.702. The second-order valence-corrected chi connectivity index (χ2v) is 7.71. The van der Waals surface area contributed by atoms with Gasteiger partial charge in [-0.15, -0.1) is 0 Å². The average molecular weight is 432 g/mol. The standard InChI is InChI=1S/C20H18F2N4O5/c21-8-2-1-3-13-15(8)11(5-28-13)23-18-9(22)4-10-19(25-18)26-20(24-10)31-14-7-30-16-12(27)6-29-17(14)16/h1-4,11-12,14,16-17,27H,5-7H2,(H2,23,24,25,26)/t11?,12-,14-,16-,17-/m1/s1. The van der Waals surface area contributed by atoms with Crippen molar-refractivity contribution in [3.05, 3.63) is 41.5 Å². The van der Waals surface area contributed by atoms with Crippen LogP contribution in [0.1, 0.15) is 11.6 Å². The number of aliphatic hydroxyl groups excluding tert-OH is 1. The largest absolute Gasteiger partial charge is 0.491 e. The van der Waals surface area contributed by atoms with Crippen LogP contribution < -0.4 is 14.8 Å². The maximum Gasteiger partial charge on any atom is 0.296 e. The van der Waals surface area contributed by atoms with E-state index in [2.05, 4.69) is 20.3 Å². The van der Waals surface area contributed by atoms with Crippen LogP contribution in [-0.2, 0) is 9.47 Å². The van der Waals surface area contributed by atoms with Crippen LogP contribution in [0.4, 0.5) is 14.6 Å². The summed E-state index contributed by atoms with van der Waals surface area (Å²) in [5.41, 5.74) is 0.911. The number of aromatic amines is 1. The predicted octanol–water partition coefficient (Wildman–Crippen LogP) is 1.69. The average Bonchev–Trinajstić information content (AvgIpc) is 3.50.